The van der Waals surface area contributed by atoms with Crippen molar-refractivity contribution in [1.29, 1.82) is 0 Å². The molecule has 1 heterocycles. The quantitative estimate of drug-likeness (QED) is 0.698. The minimum atomic E-state index is -3.70. The molecule has 1 saturated heterocycles. The van der Waals surface area contributed by atoms with Gasteiger partial charge >= 0.3 is 0 Å². The Labute approximate surface area is 171 Å². The van der Waals surface area contributed by atoms with Crippen LogP contribution in [-0.2, 0) is 14.8 Å². The molecular weight excluding hydrogens is 392 g/mol. The molecule has 1 aliphatic heterocycles. The van der Waals surface area contributed by atoms with Crippen LogP contribution in [0.1, 0.15) is 24.2 Å². The number of rotatable bonds is 7. The zero-order valence-electron chi connectivity index (χ0n) is 16.6. The van der Waals surface area contributed by atoms with Crippen molar-refractivity contribution >= 4 is 15.9 Å². The fourth-order valence-corrected chi connectivity index (χ4v) is 4.86. The summed E-state index contributed by atoms with van der Waals surface area (Å²) in [5.74, 6) is 0.381. The first-order chi connectivity index (χ1) is 13.9. The fraction of sp³-hybridized carbons (Fsp3) is 0.381. The van der Waals surface area contributed by atoms with E-state index in [1.165, 1.54) is 16.4 Å². The summed E-state index contributed by atoms with van der Waals surface area (Å²) in [6.07, 6.45) is -0.353. The molecule has 1 N–H and O–H groups in total. The van der Waals surface area contributed by atoms with Crippen molar-refractivity contribution in [2.24, 2.45) is 0 Å². The predicted octanol–water partition coefficient (Wildman–Crippen LogP) is 2.29. The highest BCUT2D eigenvalue weighted by atomic mass is 32.2. The highest BCUT2D eigenvalue weighted by molar-refractivity contribution is 7.89. The number of ether oxygens (including phenoxy) is 2. The summed E-state index contributed by atoms with van der Waals surface area (Å²) in [7, 11) is -3.70. The van der Waals surface area contributed by atoms with Gasteiger partial charge in [-0.3, -0.25) is 4.79 Å². The molecule has 2 aromatic rings. The molecule has 0 bridgehead atoms. The topological polar surface area (TPSA) is 84.9 Å². The van der Waals surface area contributed by atoms with Gasteiger partial charge in [0, 0.05) is 18.7 Å². The van der Waals surface area contributed by atoms with Gasteiger partial charge in [-0.25, -0.2) is 8.42 Å². The van der Waals surface area contributed by atoms with Crippen molar-refractivity contribution in [1.82, 2.24) is 9.62 Å². The summed E-state index contributed by atoms with van der Waals surface area (Å²) in [6.45, 7) is 4.90. The van der Waals surface area contributed by atoms with Crippen LogP contribution in [0.5, 0.6) is 5.75 Å². The Hall–Kier alpha value is -2.42. The number of amides is 1. The molecule has 1 aliphatic rings. The average Bonchev–Trinajstić information content (AvgIpc) is 2.71. The zero-order chi connectivity index (χ0) is 20.9. The number of hydrogen-bond donors (Lipinski definition) is 1. The van der Waals surface area contributed by atoms with E-state index >= 15 is 0 Å². The SMILES string of the molecule is C[C@H]1CN(S(=O)(=O)c2cccc(C(=O)NCCOc3ccccc3)c2)C[C@H](C)O1. The maximum atomic E-state index is 13.0. The number of carbonyl (C=O) groups excluding carboxylic acids is 1. The van der Waals surface area contributed by atoms with E-state index < -0.39 is 10.0 Å². The Kier molecular flexibility index (Phi) is 6.89. The van der Waals surface area contributed by atoms with Crippen LogP contribution in [-0.4, -0.2) is 57.1 Å². The van der Waals surface area contributed by atoms with E-state index in [1.54, 1.807) is 12.1 Å². The molecule has 29 heavy (non-hydrogen) atoms. The molecule has 156 valence electrons. The van der Waals surface area contributed by atoms with Crippen molar-refractivity contribution in [2.75, 3.05) is 26.2 Å². The minimum Gasteiger partial charge on any atom is -0.492 e. The Balaban J connectivity index is 1.61. The third-order valence-corrected chi connectivity index (χ3v) is 6.35. The molecule has 0 spiro atoms. The average molecular weight is 419 g/mol. The van der Waals surface area contributed by atoms with E-state index in [1.807, 2.05) is 44.2 Å². The minimum absolute atomic E-state index is 0.104. The van der Waals surface area contributed by atoms with Crippen LogP contribution in [0.15, 0.2) is 59.5 Å². The number of carbonyl (C=O) groups is 1. The van der Waals surface area contributed by atoms with Gasteiger partial charge in [-0.2, -0.15) is 4.31 Å². The van der Waals surface area contributed by atoms with Gasteiger partial charge in [-0.05, 0) is 44.2 Å². The summed E-state index contributed by atoms with van der Waals surface area (Å²) >= 11 is 0. The molecular formula is C21H26N2O5S. The molecule has 3 rings (SSSR count). The van der Waals surface area contributed by atoms with Crippen LogP contribution in [0.25, 0.3) is 0 Å². The van der Waals surface area contributed by atoms with Crippen LogP contribution >= 0.6 is 0 Å². The Morgan fingerprint density at radius 1 is 1.10 bits per heavy atom. The maximum absolute atomic E-state index is 13.0. The first-order valence-electron chi connectivity index (χ1n) is 9.58. The third kappa shape index (κ3) is 5.56. The number of benzene rings is 2. The molecule has 0 saturated carbocycles. The van der Waals surface area contributed by atoms with Gasteiger partial charge in [-0.15, -0.1) is 0 Å². The molecule has 0 aliphatic carbocycles. The molecule has 2 atom stereocenters. The first-order valence-corrected chi connectivity index (χ1v) is 11.0. The lowest BCUT2D eigenvalue weighted by Gasteiger charge is -2.34. The molecule has 0 aromatic heterocycles. The van der Waals surface area contributed by atoms with Gasteiger partial charge in [0.1, 0.15) is 12.4 Å². The van der Waals surface area contributed by atoms with Crippen molar-refractivity contribution < 1.29 is 22.7 Å². The fourth-order valence-electron chi connectivity index (χ4n) is 3.23. The second-order valence-electron chi connectivity index (χ2n) is 7.02. The lowest BCUT2D eigenvalue weighted by Crippen LogP contribution is -2.48. The van der Waals surface area contributed by atoms with Gasteiger partial charge < -0.3 is 14.8 Å². The van der Waals surface area contributed by atoms with Crippen LogP contribution in [0.2, 0.25) is 0 Å². The van der Waals surface area contributed by atoms with E-state index in [0.717, 1.165) is 5.75 Å². The molecule has 0 unspecified atom stereocenters. The zero-order valence-corrected chi connectivity index (χ0v) is 17.4. The monoisotopic (exact) mass is 418 g/mol. The second kappa shape index (κ2) is 9.39. The first kappa shape index (κ1) is 21.3. The van der Waals surface area contributed by atoms with Crippen molar-refractivity contribution in [3.63, 3.8) is 0 Å². The number of nitrogens with zero attached hydrogens (tertiary/aromatic N) is 1. The number of morpholine rings is 1. The number of nitrogens with one attached hydrogen (secondary N) is 1. The molecule has 0 radical (unpaired) electrons. The Bertz CT molecular complexity index is 923. The van der Waals surface area contributed by atoms with Gasteiger partial charge in [0.25, 0.3) is 5.91 Å². The molecule has 8 heteroatoms. The van der Waals surface area contributed by atoms with E-state index in [0.29, 0.717) is 31.8 Å². The van der Waals surface area contributed by atoms with Gasteiger partial charge in [0.2, 0.25) is 10.0 Å². The largest absolute Gasteiger partial charge is 0.492 e. The van der Waals surface area contributed by atoms with Gasteiger partial charge in [0.15, 0.2) is 0 Å². The van der Waals surface area contributed by atoms with Crippen molar-refractivity contribution in [2.45, 2.75) is 31.0 Å². The molecule has 1 amide bonds. The predicted molar refractivity (Wildman–Crippen MR) is 109 cm³/mol. The van der Waals surface area contributed by atoms with E-state index in [-0.39, 0.29) is 23.0 Å². The van der Waals surface area contributed by atoms with Crippen LogP contribution in [0, 0.1) is 0 Å². The summed E-state index contributed by atoms with van der Waals surface area (Å²) in [5, 5.41) is 2.75. The molecule has 1 fully saturated rings. The summed E-state index contributed by atoms with van der Waals surface area (Å²) < 4.78 is 38.5. The Morgan fingerprint density at radius 2 is 1.79 bits per heavy atom. The standard InChI is InChI=1S/C21H26N2O5S/c1-16-14-23(15-17(2)28-16)29(25,26)20-10-6-7-18(13-20)21(24)22-11-12-27-19-8-4-3-5-9-19/h3-10,13,16-17H,11-12,14-15H2,1-2H3,(H,22,24)/t16-,17-/m0/s1. The van der Waals surface area contributed by atoms with Gasteiger partial charge in [0.05, 0.1) is 23.6 Å². The Morgan fingerprint density at radius 3 is 2.48 bits per heavy atom. The van der Waals surface area contributed by atoms with Crippen molar-refractivity contribution in [3.8, 4) is 5.75 Å². The number of sulfonamides is 1. The molecule has 7 nitrogen and oxygen atoms in total. The number of hydrogen-bond acceptors (Lipinski definition) is 5. The normalized spacial score (nSPS) is 20.2. The summed E-state index contributed by atoms with van der Waals surface area (Å²) in [4.78, 5) is 12.5. The van der Waals surface area contributed by atoms with E-state index in [2.05, 4.69) is 5.32 Å². The van der Waals surface area contributed by atoms with E-state index in [9.17, 15) is 13.2 Å². The lowest BCUT2D eigenvalue weighted by molar-refractivity contribution is -0.0440. The van der Waals surface area contributed by atoms with Crippen LogP contribution in [0.4, 0.5) is 0 Å². The lowest BCUT2D eigenvalue weighted by atomic mass is 10.2. The molecule has 2 aromatic carbocycles. The van der Waals surface area contributed by atoms with E-state index in [4.69, 9.17) is 9.47 Å². The second-order valence-corrected chi connectivity index (χ2v) is 8.96. The van der Waals surface area contributed by atoms with Crippen molar-refractivity contribution in [3.05, 3.63) is 60.2 Å². The van der Waals surface area contributed by atoms with Gasteiger partial charge in [-0.1, -0.05) is 24.3 Å². The summed E-state index contributed by atoms with van der Waals surface area (Å²) in [5.41, 5.74) is 0.292. The highest BCUT2D eigenvalue weighted by Crippen LogP contribution is 2.22. The number of para-hydroxylation sites is 1. The maximum Gasteiger partial charge on any atom is 0.251 e. The smallest absolute Gasteiger partial charge is 0.251 e. The van der Waals surface area contributed by atoms with Crippen LogP contribution in [0.3, 0.4) is 0 Å². The van der Waals surface area contributed by atoms with Crippen LogP contribution < -0.4 is 10.1 Å². The summed E-state index contributed by atoms with van der Waals surface area (Å²) in [6, 6.07) is 15.4. The third-order valence-electron chi connectivity index (χ3n) is 4.52. The highest BCUT2D eigenvalue weighted by Gasteiger charge is 2.32.